The van der Waals surface area contributed by atoms with Crippen molar-refractivity contribution in [2.45, 2.75) is 38.3 Å². The lowest BCUT2D eigenvalue weighted by molar-refractivity contribution is 0.0681. The number of hydrogen-bond acceptors (Lipinski definition) is 5. The number of nitrogens with zero attached hydrogens (tertiary/aromatic N) is 3. The summed E-state index contributed by atoms with van der Waals surface area (Å²) in [5.41, 5.74) is 3.15. The molecule has 1 N–H and O–H groups in total. The molecule has 1 atom stereocenters. The second-order valence-corrected chi connectivity index (χ2v) is 7.09. The number of aromatic nitrogens is 3. The van der Waals surface area contributed by atoms with Crippen LogP contribution in [-0.2, 0) is 24.2 Å². The fourth-order valence-electron chi connectivity index (χ4n) is 3.93. The number of nitrogens with one attached hydrogen (secondary N) is 1. The van der Waals surface area contributed by atoms with Crippen molar-refractivity contribution >= 4 is 5.91 Å². The highest BCUT2D eigenvalue weighted by molar-refractivity contribution is 5.94. The van der Waals surface area contributed by atoms with Crippen LogP contribution in [0.15, 0.2) is 35.0 Å². The number of halogens is 1. The third-order valence-corrected chi connectivity index (χ3v) is 5.35. The summed E-state index contributed by atoms with van der Waals surface area (Å²) in [6.07, 6.45) is 5.37. The van der Waals surface area contributed by atoms with Gasteiger partial charge in [0, 0.05) is 17.5 Å². The molecule has 5 rings (SSSR count). The van der Waals surface area contributed by atoms with Crippen molar-refractivity contribution in [1.82, 2.24) is 20.3 Å². The summed E-state index contributed by atoms with van der Waals surface area (Å²) in [6, 6.07) is 6.05. The van der Waals surface area contributed by atoms with Crippen molar-refractivity contribution in [2.24, 2.45) is 0 Å². The monoisotopic (exact) mass is 382 g/mol. The third kappa shape index (κ3) is 2.80. The number of rotatable bonds is 3. The van der Waals surface area contributed by atoms with Gasteiger partial charge in [0.15, 0.2) is 5.69 Å². The van der Waals surface area contributed by atoms with E-state index in [9.17, 15) is 9.18 Å². The second-order valence-electron chi connectivity index (χ2n) is 7.09. The van der Waals surface area contributed by atoms with E-state index >= 15 is 0 Å². The minimum Gasteiger partial charge on any atom is -0.373 e. The van der Waals surface area contributed by atoms with Gasteiger partial charge in [0.1, 0.15) is 17.3 Å². The van der Waals surface area contributed by atoms with Crippen LogP contribution in [0.2, 0.25) is 0 Å². The summed E-state index contributed by atoms with van der Waals surface area (Å²) in [5, 5.41) is 11.3. The van der Waals surface area contributed by atoms with E-state index in [2.05, 4.69) is 15.6 Å². The van der Waals surface area contributed by atoms with Crippen LogP contribution in [0.1, 0.15) is 52.0 Å². The number of ether oxygens (including phenoxy) is 1. The van der Waals surface area contributed by atoms with Gasteiger partial charge in [-0.2, -0.15) is 5.10 Å². The molecule has 1 aliphatic heterocycles. The van der Waals surface area contributed by atoms with Crippen LogP contribution in [0.4, 0.5) is 4.39 Å². The Morgan fingerprint density at radius 3 is 3.00 bits per heavy atom. The molecular formula is C20H19FN4O3. The predicted octanol–water partition coefficient (Wildman–Crippen LogP) is 2.88. The summed E-state index contributed by atoms with van der Waals surface area (Å²) in [6.45, 7) is 0.622. The topological polar surface area (TPSA) is 82.2 Å². The minimum atomic E-state index is -0.382. The first-order valence-electron chi connectivity index (χ1n) is 9.40. The fourth-order valence-corrected chi connectivity index (χ4v) is 3.93. The largest absolute Gasteiger partial charge is 0.373 e. The van der Waals surface area contributed by atoms with E-state index in [1.807, 2.05) is 0 Å². The molecule has 3 heterocycles. The van der Waals surface area contributed by atoms with Crippen molar-refractivity contribution in [3.05, 3.63) is 64.6 Å². The predicted molar refractivity (Wildman–Crippen MR) is 96.5 cm³/mol. The van der Waals surface area contributed by atoms with E-state index < -0.39 is 0 Å². The zero-order chi connectivity index (χ0) is 19.1. The van der Waals surface area contributed by atoms with Gasteiger partial charge in [0.25, 0.3) is 5.91 Å². The van der Waals surface area contributed by atoms with Crippen LogP contribution in [0, 0.1) is 5.82 Å². The molecule has 8 heteroatoms. The van der Waals surface area contributed by atoms with Gasteiger partial charge in [0.05, 0.1) is 31.1 Å². The first kappa shape index (κ1) is 17.1. The lowest BCUT2D eigenvalue weighted by atomic mass is 9.96. The van der Waals surface area contributed by atoms with Gasteiger partial charge in [-0.1, -0.05) is 17.3 Å². The Hall–Kier alpha value is -3.00. The van der Waals surface area contributed by atoms with E-state index in [4.69, 9.17) is 9.26 Å². The molecule has 2 aliphatic rings. The van der Waals surface area contributed by atoms with Gasteiger partial charge in [-0.3, -0.25) is 4.79 Å². The summed E-state index contributed by atoms with van der Waals surface area (Å²) < 4.78 is 26.7. The lowest BCUT2D eigenvalue weighted by Gasteiger charge is -2.24. The molecule has 1 unspecified atom stereocenters. The summed E-state index contributed by atoms with van der Waals surface area (Å²) in [5.74, 6) is 0.158. The molecule has 1 amide bonds. The van der Waals surface area contributed by atoms with Gasteiger partial charge >= 0.3 is 0 Å². The zero-order valence-electron chi connectivity index (χ0n) is 15.2. The number of amides is 1. The van der Waals surface area contributed by atoms with Crippen molar-refractivity contribution in [3.8, 4) is 5.69 Å². The van der Waals surface area contributed by atoms with Crippen LogP contribution in [0.25, 0.3) is 5.69 Å². The quantitative estimate of drug-likeness (QED) is 0.753. The molecule has 0 saturated heterocycles. The number of aryl methyl sites for hydroxylation is 1. The fraction of sp³-hybridized carbons (Fsp3) is 0.350. The molecule has 1 aliphatic carbocycles. The molecule has 144 valence electrons. The second kappa shape index (κ2) is 6.87. The number of benzene rings is 1. The van der Waals surface area contributed by atoms with Gasteiger partial charge in [-0.25, -0.2) is 9.07 Å². The first-order valence-corrected chi connectivity index (χ1v) is 9.40. The third-order valence-electron chi connectivity index (χ3n) is 5.35. The van der Waals surface area contributed by atoms with Crippen LogP contribution in [-0.4, -0.2) is 27.5 Å². The number of hydrogen-bond donors (Lipinski definition) is 1. The van der Waals surface area contributed by atoms with E-state index in [-0.39, 0.29) is 17.8 Å². The molecule has 0 fully saturated rings. The molecule has 0 spiro atoms. The smallest absolute Gasteiger partial charge is 0.274 e. The Morgan fingerprint density at radius 2 is 2.11 bits per heavy atom. The first-order chi connectivity index (χ1) is 13.7. The summed E-state index contributed by atoms with van der Waals surface area (Å²) in [4.78, 5) is 12.8. The number of para-hydroxylation sites is 1. The molecule has 7 nitrogen and oxygen atoms in total. The number of carbonyl (C=O) groups is 1. The van der Waals surface area contributed by atoms with Crippen LogP contribution < -0.4 is 5.32 Å². The van der Waals surface area contributed by atoms with E-state index in [0.29, 0.717) is 24.6 Å². The van der Waals surface area contributed by atoms with Gasteiger partial charge in [0.2, 0.25) is 0 Å². The zero-order valence-corrected chi connectivity index (χ0v) is 15.2. The molecule has 2 aromatic heterocycles. The minimum absolute atomic E-state index is 0.285. The maximum absolute atomic E-state index is 14.2. The Balaban J connectivity index is 1.42. The molecule has 0 saturated carbocycles. The van der Waals surface area contributed by atoms with Crippen LogP contribution in [0.5, 0.6) is 0 Å². The average Bonchev–Trinajstić information content (AvgIpc) is 3.33. The van der Waals surface area contributed by atoms with Gasteiger partial charge < -0.3 is 14.6 Å². The van der Waals surface area contributed by atoms with Crippen molar-refractivity contribution in [1.29, 1.82) is 0 Å². The molecular weight excluding hydrogens is 363 g/mol. The maximum Gasteiger partial charge on any atom is 0.274 e. The normalized spacial score (nSPS) is 18.4. The molecule has 0 radical (unpaired) electrons. The number of fused-ring (bicyclic) bond motifs is 2. The highest BCUT2D eigenvalue weighted by atomic mass is 19.1. The van der Waals surface area contributed by atoms with E-state index in [0.717, 1.165) is 48.3 Å². The van der Waals surface area contributed by atoms with E-state index in [1.54, 1.807) is 24.4 Å². The van der Waals surface area contributed by atoms with Crippen LogP contribution >= 0.6 is 0 Å². The highest BCUT2D eigenvalue weighted by Crippen LogP contribution is 2.29. The Labute approximate surface area is 160 Å². The van der Waals surface area contributed by atoms with Gasteiger partial charge in [-0.05, 0) is 31.4 Å². The highest BCUT2D eigenvalue weighted by Gasteiger charge is 2.30. The molecule has 1 aromatic carbocycles. The maximum atomic E-state index is 14.2. The Kier molecular flexibility index (Phi) is 4.20. The van der Waals surface area contributed by atoms with Crippen LogP contribution in [0.3, 0.4) is 0 Å². The van der Waals surface area contributed by atoms with Crippen molar-refractivity contribution < 1.29 is 18.4 Å². The summed E-state index contributed by atoms with van der Waals surface area (Å²) in [7, 11) is 0. The van der Waals surface area contributed by atoms with Gasteiger partial charge in [-0.15, -0.1) is 0 Å². The standard InChI is InChI=1S/C20H19FN4O3/c21-14-6-2-3-7-16(14)25-17-11-27-10-15(13(17)9-22-25)23-20(26)19-12-5-1-4-8-18(12)28-24-19/h2-3,6-7,9,15H,1,4-5,8,10-11H2,(H,23,26). The Bertz CT molecular complexity index is 1040. The molecule has 28 heavy (non-hydrogen) atoms. The average molecular weight is 382 g/mol. The molecule has 0 bridgehead atoms. The lowest BCUT2D eigenvalue weighted by Crippen LogP contribution is -2.35. The summed E-state index contributed by atoms with van der Waals surface area (Å²) >= 11 is 0. The number of carbonyl (C=O) groups excluding carboxylic acids is 1. The SMILES string of the molecule is O=C(NC1COCc2c1cnn2-c1ccccc1F)c1noc2c1CCCC2. The van der Waals surface area contributed by atoms with Crippen molar-refractivity contribution in [2.75, 3.05) is 6.61 Å². The van der Waals surface area contributed by atoms with Crippen molar-refractivity contribution in [3.63, 3.8) is 0 Å². The Morgan fingerprint density at radius 1 is 1.25 bits per heavy atom. The molecule has 3 aromatic rings. The van der Waals surface area contributed by atoms with E-state index in [1.165, 1.54) is 10.7 Å².